The molecular formula is C29H28N6O5. The molecule has 204 valence electrons. The van der Waals surface area contributed by atoms with E-state index in [2.05, 4.69) is 25.8 Å². The summed E-state index contributed by atoms with van der Waals surface area (Å²) in [7, 11) is 1.76. The van der Waals surface area contributed by atoms with Crippen LogP contribution in [0.15, 0.2) is 78.9 Å². The molecule has 0 bridgehead atoms. The van der Waals surface area contributed by atoms with E-state index in [1.165, 1.54) is 0 Å². The largest absolute Gasteiger partial charge is 0.480 e. The SMILES string of the molecule is CN(Cc1ccccc1)CC(NC(=O)c1nc(NC(=O)OCC2c3ccccc3-c3ccccc32)n[nH]1)C(=O)O. The van der Waals surface area contributed by atoms with Gasteiger partial charge in [0.05, 0.1) is 0 Å². The van der Waals surface area contributed by atoms with Crippen molar-refractivity contribution in [3.05, 3.63) is 101 Å². The highest BCUT2D eigenvalue weighted by atomic mass is 16.5. The summed E-state index contributed by atoms with van der Waals surface area (Å²) in [6.45, 7) is 0.681. The van der Waals surface area contributed by atoms with E-state index in [9.17, 15) is 19.5 Å². The normalized spacial score (nSPS) is 12.8. The van der Waals surface area contributed by atoms with Gasteiger partial charge in [-0.2, -0.15) is 4.98 Å². The molecule has 4 N–H and O–H groups in total. The Balaban J connectivity index is 1.15. The maximum absolute atomic E-state index is 12.7. The number of nitrogens with one attached hydrogen (secondary N) is 3. The topological polar surface area (TPSA) is 150 Å². The quantitative estimate of drug-likeness (QED) is 0.239. The number of hydrogen-bond acceptors (Lipinski definition) is 7. The fourth-order valence-corrected chi connectivity index (χ4v) is 4.83. The molecule has 5 rings (SSSR count). The first kappa shape index (κ1) is 26.6. The number of likely N-dealkylation sites (N-methyl/N-ethyl adjacent to an activating group) is 1. The number of ether oxygens (including phenoxy) is 1. The number of aliphatic carboxylic acids is 1. The Morgan fingerprint density at radius 3 is 2.25 bits per heavy atom. The lowest BCUT2D eigenvalue weighted by molar-refractivity contribution is -0.139. The Bertz CT molecular complexity index is 1480. The molecule has 1 unspecified atom stereocenters. The van der Waals surface area contributed by atoms with Gasteiger partial charge in [0.15, 0.2) is 0 Å². The van der Waals surface area contributed by atoms with Gasteiger partial charge >= 0.3 is 12.1 Å². The van der Waals surface area contributed by atoms with Crippen LogP contribution in [0.25, 0.3) is 11.1 Å². The molecule has 0 aliphatic heterocycles. The number of hydrogen-bond donors (Lipinski definition) is 4. The van der Waals surface area contributed by atoms with Gasteiger partial charge in [-0.25, -0.2) is 9.59 Å². The highest BCUT2D eigenvalue weighted by Gasteiger charge is 2.29. The lowest BCUT2D eigenvalue weighted by Crippen LogP contribution is -2.47. The van der Waals surface area contributed by atoms with Crippen LogP contribution in [-0.2, 0) is 16.1 Å². The van der Waals surface area contributed by atoms with Crippen LogP contribution in [-0.4, -0.2) is 69.4 Å². The molecule has 11 nitrogen and oxygen atoms in total. The second kappa shape index (κ2) is 11.8. The van der Waals surface area contributed by atoms with Crippen molar-refractivity contribution < 1.29 is 24.2 Å². The molecule has 3 aromatic carbocycles. The van der Waals surface area contributed by atoms with E-state index in [-0.39, 0.29) is 30.8 Å². The van der Waals surface area contributed by atoms with Crippen molar-refractivity contribution in [3.63, 3.8) is 0 Å². The zero-order chi connectivity index (χ0) is 28.1. The standard InChI is InChI=1S/C29H28N6O5/c1-35(15-18-9-3-2-4-10-18)16-24(27(37)38)30-26(36)25-31-28(34-33-25)32-29(39)40-17-23-21-13-7-5-11-19(21)20-12-6-8-14-22(20)23/h2-14,23-24H,15-17H2,1H3,(H,30,36)(H,37,38)(H2,31,32,33,34,39). The number of carboxylic acids is 1. The molecule has 0 spiro atoms. The molecule has 1 aliphatic carbocycles. The van der Waals surface area contributed by atoms with Crippen LogP contribution >= 0.6 is 0 Å². The summed E-state index contributed by atoms with van der Waals surface area (Å²) in [6.07, 6.45) is -0.779. The van der Waals surface area contributed by atoms with E-state index in [4.69, 9.17) is 4.74 Å². The summed E-state index contributed by atoms with van der Waals surface area (Å²) in [6, 6.07) is 24.4. The molecule has 2 amide bonds. The van der Waals surface area contributed by atoms with Crippen LogP contribution < -0.4 is 10.6 Å². The minimum absolute atomic E-state index is 0.0644. The van der Waals surface area contributed by atoms with Crippen molar-refractivity contribution in [1.29, 1.82) is 0 Å². The van der Waals surface area contributed by atoms with Gasteiger partial charge in [0.2, 0.25) is 5.82 Å². The molecule has 0 saturated carbocycles. The molecule has 0 saturated heterocycles. The summed E-state index contributed by atoms with van der Waals surface area (Å²) >= 11 is 0. The third-order valence-corrected chi connectivity index (χ3v) is 6.65. The predicted octanol–water partition coefficient (Wildman–Crippen LogP) is 3.48. The maximum Gasteiger partial charge on any atom is 0.414 e. The number of benzene rings is 3. The summed E-state index contributed by atoms with van der Waals surface area (Å²) < 4.78 is 5.47. The minimum Gasteiger partial charge on any atom is -0.480 e. The molecule has 0 fully saturated rings. The van der Waals surface area contributed by atoms with Gasteiger partial charge in [0, 0.05) is 19.0 Å². The molecule has 1 aliphatic rings. The third kappa shape index (κ3) is 6.00. The Morgan fingerprint density at radius 2 is 1.60 bits per heavy atom. The fraction of sp³-hybridized carbons (Fsp3) is 0.207. The number of anilines is 1. The van der Waals surface area contributed by atoms with Crippen LogP contribution in [0, 0.1) is 0 Å². The van der Waals surface area contributed by atoms with Gasteiger partial charge in [-0.15, -0.1) is 5.10 Å². The lowest BCUT2D eigenvalue weighted by Gasteiger charge is -2.22. The smallest absolute Gasteiger partial charge is 0.414 e. The van der Waals surface area contributed by atoms with Gasteiger partial charge in [-0.1, -0.05) is 78.9 Å². The molecule has 40 heavy (non-hydrogen) atoms. The molecule has 0 radical (unpaired) electrons. The predicted molar refractivity (Wildman–Crippen MR) is 147 cm³/mol. The summed E-state index contributed by atoms with van der Waals surface area (Å²) in [5.41, 5.74) is 5.40. The minimum atomic E-state index is -1.19. The average molecular weight is 541 g/mol. The molecule has 1 atom stereocenters. The van der Waals surface area contributed by atoms with Gasteiger partial charge in [0.1, 0.15) is 12.6 Å². The van der Waals surface area contributed by atoms with Crippen molar-refractivity contribution in [2.24, 2.45) is 0 Å². The number of carboxylic acid groups (broad SMARTS) is 1. The Morgan fingerprint density at radius 1 is 0.975 bits per heavy atom. The van der Waals surface area contributed by atoms with E-state index in [0.29, 0.717) is 6.54 Å². The van der Waals surface area contributed by atoms with Crippen LogP contribution in [0.1, 0.15) is 33.2 Å². The second-order valence-electron chi connectivity index (χ2n) is 9.50. The lowest BCUT2D eigenvalue weighted by atomic mass is 9.98. The monoisotopic (exact) mass is 540 g/mol. The number of rotatable bonds is 10. The molecule has 1 heterocycles. The van der Waals surface area contributed by atoms with Gasteiger partial charge in [-0.3, -0.25) is 20.1 Å². The average Bonchev–Trinajstić information content (AvgIpc) is 3.54. The second-order valence-corrected chi connectivity index (χ2v) is 9.50. The van der Waals surface area contributed by atoms with Gasteiger partial charge in [-0.05, 0) is 34.9 Å². The first-order chi connectivity index (χ1) is 19.4. The maximum atomic E-state index is 12.7. The highest BCUT2D eigenvalue weighted by Crippen LogP contribution is 2.44. The van der Waals surface area contributed by atoms with Crippen molar-refractivity contribution in [1.82, 2.24) is 25.4 Å². The fourth-order valence-electron chi connectivity index (χ4n) is 4.83. The van der Waals surface area contributed by atoms with Crippen molar-refractivity contribution in [3.8, 4) is 11.1 Å². The van der Waals surface area contributed by atoms with Crippen LogP contribution in [0.5, 0.6) is 0 Å². The summed E-state index contributed by atoms with van der Waals surface area (Å²) in [5, 5.41) is 20.7. The Labute approximate surface area is 230 Å². The van der Waals surface area contributed by atoms with E-state index < -0.39 is 24.0 Å². The molecular weight excluding hydrogens is 512 g/mol. The number of amides is 2. The third-order valence-electron chi connectivity index (χ3n) is 6.65. The number of fused-ring (bicyclic) bond motifs is 3. The molecule has 11 heteroatoms. The number of H-pyrrole nitrogens is 1. The van der Waals surface area contributed by atoms with Crippen LogP contribution in [0.3, 0.4) is 0 Å². The van der Waals surface area contributed by atoms with Crippen molar-refractivity contribution >= 4 is 23.9 Å². The zero-order valence-corrected chi connectivity index (χ0v) is 21.7. The first-order valence-corrected chi connectivity index (χ1v) is 12.7. The van der Waals surface area contributed by atoms with E-state index in [0.717, 1.165) is 27.8 Å². The summed E-state index contributed by atoms with van der Waals surface area (Å²) in [5.74, 6) is -2.49. The van der Waals surface area contributed by atoms with E-state index in [1.54, 1.807) is 11.9 Å². The van der Waals surface area contributed by atoms with Crippen molar-refractivity contribution in [2.75, 3.05) is 25.5 Å². The van der Waals surface area contributed by atoms with Gasteiger partial charge < -0.3 is 15.2 Å². The number of aromatic amines is 1. The van der Waals surface area contributed by atoms with E-state index in [1.807, 2.05) is 78.9 Å². The zero-order valence-electron chi connectivity index (χ0n) is 21.7. The Hall–Kier alpha value is -5.03. The first-order valence-electron chi connectivity index (χ1n) is 12.7. The van der Waals surface area contributed by atoms with E-state index >= 15 is 0 Å². The van der Waals surface area contributed by atoms with Crippen LogP contribution in [0.2, 0.25) is 0 Å². The van der Waals surface area contributed by atoms with Crippen LogP contribution in [0.4, 0.5) is 10.7 Å². The molecule has 1 aromatic heterocycles. The number of nitrogens with zero attached hydrogens (tertiary/aromatic N) is 3. The van der Waals surface area contributed by atoms with Crippen molar-refractivity contribution in [2.45, 2.75) is 18.5 Å². The highest BCUT2D eigenvalue weighted by molar-refractivity contribution is 5.94. The number of carbonyl (C=O) groups is 3. The van der Waals surface area contributed by atoms with Gasteiger partial charge in [0.25, 0.3) is 11.9 Å². The Kier molecular flexibility index (Phi) is 7.83. The number of aromatic nitrogens is 3. The molecule has 4 aromatic rings. The number of carbonyl (C=O) groups excluding carboxylic acids is 2. The summed E-state index contributed by atoms with van der Waals surface area (Å²) in [4.78, 5) is 42.7.